The van der Waals surface area contributed by atoms with Crippen molar-refractivity contribution in [1.29, 1.82) is 0 Å². The number of hydrogen-bond donors (Lipinski definition) is 0. The van der Waals surface area contributed by atoms with Gasteiger partial charge >= 0.3 is 0 Å². The third-order valence-electron chi connectivity index (χ3n) is 4.22. The first kappa shape index (κ1) is 19.2. The van der Waals surface area contributed by atoms with Crippen LogP contribution >= 0.6 is 15.9 Å². The molecule has 0 aliphatic rings. The van der Waals surface area contributed by atoms with E-state index in [4.69, 9.17) is 4.74 Å². The zero-order chi connectivity index (χ0) is 19.1. The van der Waals surface area contributed by atoms with Crippen molar-refractivity contribution in [3.05, 3.63) is 101 Å². The Hall–Kier alpha value is -2.59. The summed E-state index contributed by atoms with van der Waals surface area (Å²) in [5.41, 5.74) is 2.19. The first-order valence-corrected chi connectivity index (χ1v) is 9.70. The molecule has 0 heterocycles. The number of rotatable bonds is 7. The molecule has 0 fully saturated rings. The lowest BCUT2D eigenvalue weighted by molar-refractivity contribution is -0.139. The summed E-state index contributed by atoms with van der Waals surface area (Å²) in [6, 6.07) is 27.6. The quantitative estimate of drug-likeness (QED) is 0.505. The normalized spacial score (nSPS) is 11.6. The number of carbonyl (C=O) groups is 1. The first-order chi connectivity index (χ1) is 13.1. The molecule has 0 radical (unpaired) electrons. The topological polar surface area (TPSA) is 29.5 Å². The molecule has 0 unspecified atom stereocenters. The van der Waals surface area contributed by atoms with Gasteiger partial charge in [0.05, 0.1) is 0 Å². The number of amides is 1. The van der Waals surface area contributed by atoms with Crippen LogP contribution in [0, 0.1) is 0 Å². The zero-order valence-electron chi connectivity index (χ0n) is 15.2. The summed E-state index contributed by atoms with van der Waals surface area (Å²) in [6.07, 6.45) is -0.571. The van der Waals surface area contributed by atoms with Crippen LogP contribution in [0.4, 0.5) is 0 Å². The summed E-state index contributed by atoms with van der Waals surface area (Å²) < 4.78 is 6.85. The van der Waals surface area contributed by atoms with Gasteiger partial charge in [-0.05, 0) is 42.3 Å². The molecular formula is C23H22BrNO2. The summed E-state index contributed by atoms with van der Waals surface area (Å²) >= 11 is 3.41. The van der Waals surface area contributed by atoms with E-state index in [0.717, 1.165) is 15.6 Å². The fourth-order valence-electron chi connectivity index (χ4n) is 2.84. The zero-order valence-corrected chi connectivity index (χ0v) is 16.8. The highest BCUT2D eigenvalue weighted by molar-refractivity contribution is 9.10. The summed E-state index contributed by atoms with van der Waals surface area (Å²) in [5, 5.41) is 0. The van der Waals surface area contributed by atoms with Crippen LogP contribution in [0.25, 0.3) is 0 Å². The second-order valence-corrected chi connectivity index (χ2v) is 7.30. The smallest absolute Gasteiger partial charge is 0.263 e. The number of halogens is 1. The highest BCUT2D eigenvalue weighted by Gasteiger charge is 2.22. The molecule has 3 rings (SSSR count). The largest absolute Gasteiger partial charge is 0.481 e. The van der Waals surface area contributed by atoms with Gasteiger partial charge in [-0.1, -0.05) is 76.6 Å². The fourth-order valence-corrected chi connectivity index (χ4v) is 3.11. The lowest BCUT2D eigenvalue weighted by Crippen LogP contribution is -2.39. The maximum Gasteiger partial charge on any atom is 0.263 e. The maximum absolute atomic E-state index is 13.1. The van der Waals surface area contributed by atoms with Crippen molar-refractivity contribution in [2.45, 2.75) is 26.1 Å². The van der Waals surface area contributed by atoms with Gasteiger partial charge in [-0.25, -0.2) is 0 Å². The first-order valence-electron chi connectivity index (χ1n) is 8.90. The van der Waals surface area contributed by atoms with Gasteiger partial charge < -0.3 is 9.64 Å². The summed E-state index contributed by atoms with van der Waals surface area (Å²) in [4.78, 5) is 15.0. The van der Waals surface area contributed by atoms with E-state index >= 15 is 0 Å². The number of nitrogens with zero attached hydrogens (tertiary/aromatic N) is 1. The van der Waals surface area contributed by atoms with Gasteiger partial charge in [0.2, 0.25) is 0 Å². The molecule has 138 valence electrons. The molecule has 0 bridgehead atoms. The summed E-state index contributed by atoms with van der Waals surface area (Å²) in [7, 11) is 0. The lowest BCUT2D eigenvalue weighted by Gasteiger charge is -2.26. The van der Waals surface area contributed by atoms with Crippen molar-refractivity contribution in [3.63, 3.8) is 0 Å². The van der Waals surface area contributed by atoms with Crippen LogP contribution in [0.1, 0.15) is 18.1 Å². The second kappa shape index (κ2) is 9.38. The Morgan fingerprint density at radius 2 is 1.33 bits per heavy atom. The van der Waals surface area contributed by atoms with Crippen LogP contribution in [0.3, 0.4) is 0 Å². The highest BCUT2D eigenvalue weighted by atomic mass is 79.9. The van der Waals surface area contributed by atoms with Crippen molar-refractivity contribution in [1.82, 2.24) is 4.90 Å². The molecular weight excluding hydrogens is 402 g/mol. The van der Waals surface area contributed by atoms with Gasteiger partial charge in [0, 0.05) is 17.6 Å². The van der Waals surface area contributed by atoms with Crippen LogP contribution in [-0.4, -0.2) is 16.9 Å². The third kappa shape index (κ3) is 5.69. The van der Waals surface area contributed by atoms with Crippen LogP contribution in [0.5, 0.6) is 5.75 Å². The Balaban J connectivity index is 1.75. The average molecular weight is 424 g/mol. The van der Waals surface area contributed by atoms with Crippen LogP contribution in [0.2, 0.25) is 0 Å². The van der Waals surface area contributed by atoms with Crippen molar-refractivity contribution in [3.8, 4) is 5.75 Å². The molecule has 27 heavy (non-hydrogen) atoms. The average Bonchev–Trinajstić information content (AvgIpc) is 2.70. The molecule has 3 aromatic rings. The Morgan fingerprint density at radius 3 is 1.81 bits per heavy atom. The maximum atomic E-state index is 13.1. The predicted molar refractivity (Wildman–Crippen MR) is 111 cm³/mol. The minimum Gasteiger partial charge on any atom is -0.481 e. The molecule has 1 amide bonds. The van der Waals surface area contributed by atoms with E-state index in [2.05, 4.69) is 15.9 Å². The molecule has 4 heteroatoms. The van der Waals surface area contributed by atoms with Crippen LogP contribution in [0.15, 0.2) is 89.4 Å². The lowest BCUT2D eigenvalue weighted by atomic mass is 10.1. The van der Waals surface area contributed by atoms with Gasteiger partial charge in [-0.15, -0.1) is 0 Å². The van der Waals surface area contributed by atoms with E-state index in [1.807, 2.05) is 89.8 Å². The number of hydrogen-bond acceptors (Lipinski definition) is 2. The van der Waals surface area contributed by atoms with Gasteiger partial charge in [0.1, 0.15) is 5.75 Å². The van der Waals surface area contributed by atoms with E-state index in [1.54, 1.807) is 6.92 Å². The Morgan fingerprint density at radius 1 is 0.852 bits per heavy atom. The molecule has 3 aromatic carbocycles. The highest BCUT2D eigenvalue weighted by Crippen LogP contribution is 2.19. The second-order valence-electron chi connectivity index (χ2n) is 6.38. The molecule has 0 spiro atoms. The summed E-state index contributed by atoms with van der Waals surface area (Å²) in [6.45, 7) is 2.89. The van der Waals surface area contributed by atoms with Crippen LogP contribution < -0.4 is 4.74 Å². The SMILES string of the molecule is C[C@@H](Oc1ccc(Br)cc1)C(=O)N(Cc1ccccc1)Cc1ccccc1. The fraction of sp³-hybridized carbons (Fsp3) is 0.174. The molecule has 0 saturated carbocycles. The number of ether oxygens (including phenoxy) is 1. The molecule has 0 aromatic heterocycles. The minimum atomic E-state index is -0.571. The van der Waals surface area contributed by atoms with Gasteiger partial charge in [0.15, 0.2) is 6.10 Å². The minimum absolute atomic E-state index is 0.0365. The van der Waals surface area contributed by atoms with Crippen molar-refractivity contribution in [2.24, 2.45) is 0 Å². The molecule has 1 atom stereocenters. The van der Waals surface area contributed by atoms with E-state index in [9.17, 15) is 4.79 Å². The van der Waals surface area contributed by atoms with E-state index in [0.29, 0.717) is 18.8 Å². The number of benzene rings is 3. The van der Waals surface area contributed by atoms with Crippen molar-refractivity contribution < 1.29 is 9.53 Å². The standard InChI is InChI=1S/C23H22BrNO2/c1-18(27-22-14-12-21(24)13-15-22)23(26)25(16-19-8-4-2-5-9-19)17-20-10-6-3-7-11-20/h2-15,18H,16-17H2,1H3/t18-/m1/s1. The Kier molecular flexibility index (Phi) is 6.66. The van der Waals surface area contributed by atoms with Gasteiger partial charge in [0.25, 0.3) is 5.91 Å². The molecule has 0 aliphatic carbocycles. The molecule has 0 aliphatic heterocycles. The Bertz CT molecular complexity index is 809. The van der Waals surface area contributed by atoms with Gasteiger partial charge in [-0.3, -0.25) is 4.79 Å². The van der Waals surface area contributed by atoms with Crippen molar-refractivity contribution >= 4 is 21.8 Å². The molecule has 0 saturated heterocycles. The molecule has 3 nitrogen and oxygen atoms in total. The summed E-state index contributed by atoms with van der Waals surface area (Å²) in [5.74, 6) is 0.643. The van der Waals surface area contributed by atoms with Crippen LogP contribution in [-0.2, 0) is 17.9 Å². The Labute approximate surface area is 168 Å². The third-order valence-corrected chi connectivity index (χ3v) is 4.75. The van der Waals surface area contributed by atoms with E-state index in [-0.39, 0.29) is 5.91 Å². The van der Waals surface area contributed by atoms with E-state index < -0.39 is 6.10 Å². The van der Waals surface area contributed by atoms with E-state index in [1.165, 1.54) is 0 Å². The monoisotopic (exact) mass is 423 g/mol. The number of carbonyl (C=O) groups excluding carboxylic acids is 1. The molecule has 0 N–H and O–H groups in total. The van der Waals surface area contributed by atoms with Gasteiger partial charge in [-0.2, -0.15) is 0 Å². The predicted octanol–water partition coefficient (Wildman–Crippen LogP) is 5.45. The van der Waals surface area contributed by atoms with Crippen molar-refractivity contribution in [2.75, 3.05) is 0 Å².